The molecule has 0 saturated carbocycles. The minimum atomic E-state index is -0.221. The number of benzene rings is 2. The fourth-order valence-electron chi connectivity index (χ4n) is 2.95. The van der Waals surface area contributed by atoms with Crippen molar-refractivity contribution in [3.05, 3.63) is 48.0 Å². The Morgan fingerprint density at radius 3 is 2.17 bits per heavy atom. The van der Waals surface area contributed by atoms with Gasteiger partial charge in [0.2, 0.25) is 0 Å². The molecule has 2 aromatic carbocycles. The Balaban J connectivity index is 1.91. The van der Waals surface area contributed by atoms with E-state index in [-0.39, 0.29) is 5.91 Å². The number of rotatable bonds is 13. The number of nitrogens with one attached hydrogen (secondary N) is 1. The lowest BCUT2D eigenvalue weighted by Crippen LogP contribution is -2.14. The van der Waals surface area contributed by atoms with E-state index in [2.05, 4.69) is 12.2 Å². The minimum Gasteiger partial charge on any atom is -0.494 e. The second kappa shape index (κ2) is 12.7. The zero-order valence-electron chi connectivity index (χ0n) is 17.8. The van der Waals surface area contributed by atoms with Gasteiger partial charge < -0.3 is 19.5 Å². The zero-order chi connectivity index (χ0) is 20.9. The van der Waals surface area contributed by atoms with Gasteiger partial charge in [-0.15, -0.1) is 0 Å². The van der Waals surface area contributed by atoms with Crippen LogP contribution in [0.15, 0.2) is 42.5 Å². The Bertz CT molecular complexity index is 743. The van der Waals surface area contributed by atoms with Gasteiger partial charge in [0.25, 0.3) is 5.91 Å². The molecule has 29 heavy (non-hydrogen) atoms. The van der Waals surface area contributed by atoms with Crippen molar-refractivity contribution in [3.63, 3.8) is 0 Å². The molecule has 1 amide bonds. The van der Waals surface area contributed by atoms with Crippen molar-refractivity contribution in [2.75, 3.05) is 25.1 Å². The first-order valence-electron chi connectivity index (χ1n) is 10.6. The molecule has 0 aliphatic heterocycles. The maximum Gasteiger partial charge on any atom is 0.259 e. The summed E-state index contributed by atoms with van der Waals surface area (Å²) in [5.74, 6) is 1.79. The number of unbranched alkanes of at least 4 members (excludes halogenated alkanes) is 4. The number of hydrogen-bond donors (Lipinski definition) is 1. The molecule has 0 atom stereocenters. The summed E-state index contributed by atoms with van der Waals surface area (Å²) in [6.45, 7) is 7.77. The van der Waals surface area contributed by atoms with E-state index in [4.69, 9.17) is 14.2 Å². The molecule has 0 aliphatic carbocycles. The van der Waals surface area contributed by atoms with Crippen molar-refractivity contribution >= 4 is 11.6 Å². The molecule has 0 aromatic heterocycles. The van der Waals surface area contributed by atoms with Crippen LogP contribution in [0, 0.1) is 0 Å². The summed E-state index contributed by atoms with van der Waals surface area (Å²) >= 11 is 0. The summed E-state index contributed by atoms with van der Waals surface area (Å²) in [5.41, 5.74) is 1.18. The molecule has 0 aliphatic rings. The van der Waals surface area contributed by atoms with Gasteiger partial charge in [0.15, 0.2) is 0 Å². The van der Waals surface area contributed by atoms with Gasteiger partial charge >= 0.3 is 0 Å². The van der Waals surface area contributed by atoms with Gasteiger partial charge in [-0.2, -0.15) is 0 Å². The highest BCUT2D eigenvalue weighted by Crippen LogP contribution is 2.26. The summed E-state index contributed by atoms with van der Waals surface area (Å²) in [6.07, 6.45) is 6.06. The van der Waals surface area contributed by atoms with Crippen LogP contribution in [0.5, 0.6) is 17.2 Å². The summed E-state index contributed by atoms with van der Waals surface area (Å²) < 4.78 is 16.9. The van der Waals surface area contributed by atoms with E-state index in [1.165, 1.54) is 25.7 Å². The van der Waals surface area contributed by atoms with Crippen LogP contribution in [-0.2, 0) is 0 Å². The van der Waals surface area contributed by atoms with Crippen LogP contribution in [0.25, 0.3) is 0 Å². The van der Waals surface area contributed by atoms with Crippen molar-refractivity contribution in [1.82, 2.24) is 0 Å². The molecule has 0 fully saturated rings. The summed E-state index contributed by atoms with van der Waals surface area (Å²) in [5, 5.41) is 2.91. The Hall–Kier alpha value is -2.69. The van der Waals surface area contributed by atoms with Gasteiger partial charge in [0.05, 0.1) is 25.4 Å². The predicted molar refractivity (Wildman–Crippen MR) is 117 cm³/mol. The van der Waals surface area contributed by atoms with Crippen LogP contribution in [0.3, 0.4) is 0 Å². The second-order valence-electron chi connectivity index (χ2n) is 6.77. The number of ether oxygens (including phenoxy) is 3. The average molecular weight is 400 g/mol. The molecule has 0 saturated heterocycles. The Morgan fingerprint density at radius 1 is 0.793 bits per heavy atom. The first-order valence-corrected chi connectivity index (χ1v) is 10.6. The van der Waals surface area contributed by atoms with Gasteiger partial charge in [0, 0.05) is 11.8 Å². The van der Waals surface area contributed by atoms with E-state index < -0.39 is 0 Å². The fraction of sp³-hybridized carbons (Fsp3) is 0.458. The molecule has 2 rings (SSSR count). The lowest BCUT2D eigenvalue weighted by Gasteiger charge is -2.13. The van der Waals surface area contributed by atoms with Gasteiger partial charge in [-0.05, 0) is 56.7 Å². The molecule has 2 aromatic rings. The normalized spacial score (nSPS) is 10.4. The van der Waals surface area contributed by atoms with Crippen molar-refractivity contribution < 1.29 is 19.0 Å². The van der Waals surface area contributed by atoms with E-state index in [0.29, 0.717) is 36.0 Å². The number of hydrogen-bond acceptors (Lipinski definition) is 4. The maximum atomic E-state index is 12.7. The summed E-state index contributed by atoms with van der Waals surface area (Å²) in [4.78, 5) is 12.7. The van der Waals surface area contributed by atoms with Crippen LogP contribution < -0.4 is 19.5 Å². The van der Waals surface area contributed by atoms with E-state index in [1.807, 2.05) is 38.1 Å². The second-order valence-corrected chi connectivity index (χ2v) is 6.77. The summed E-state index contributed by atoms with van der Waals surface area (Å²) in [7, 11) is 0. The number of carbonyl (C=O) groups is 1. The van der Waals surface area contributed by atoms with Crippen LogP contribution in [0.2, 0.25) is 0 Å². The van der Waals surface area contributed by atoms with Gasteiger partial charge in [0.1, 0.15) is 17.2 Å². The van der Waals surface area contributed by atoms with Gasteiger partial charge in [-0.25, -0.2) is 0 Å². The number of amides is 1. The van der Waals surface area contributed by atoms with Gasteiger partial charge in [-0.1, -0.05) is 32.6 Å². The van der Waals surface area contributed by atoms with Crippen molar-refractivity contribution in [2.24, 2.45) is 0 Å². The summed E-state index contributed by atoms with van der Waals surface area (Å²) in [6, 6.07) is 12.7. The number of anilines is 1. The Kier molecular flexibility index (Phi) is 9.90. The predicted octanol–water partition coefficient (Wildman–Crippen LogP) is 6.09. The number of carbonyl (C=O) groups excluding carboxylic acids is 1. The lowest BCUT2D eigenvalue weighted by molar-refractivity contribution is 0.102. The minimum absolute atomic E-state index is 0.221. The average Bonchev–Trinajstić information content (AvgIpc) is 2.72. The molecule has 0 bridgehead atoms. The third-order valence-electron chi connectivity index (χ3n) is 4.44. The van der Waals surface area contributed by atoms with Crippen LogP contribution in [0.4, 0.5) is 5.69 Å². The van der Waals surface area contributed by atoms with E-state index in [0.717, 1.165) is 18.8 Å². The van der Waals surface area contributed by atoms with E-state index in [9.17, 15) is 4.79 Å². The molecule has 5 heteroatoms. The van der Waals surface area contributed by atoms with Crippen molar-refractivity contribution in [2.45, 2.75) is 52.9 Å². The van der Waals surface area contributed by atoms with Crippen LogP contribution >= 0.6 is 0 Å². The smallest absolute Gasteiger partial charge is 0.259 e. The molecular weight excluding hydrogens is 366 g/mol. The Morgan fingerprint density at radius 2 is 1.48 bits per heavy atom. The molecule has 5 nitrogen and oxygen atoms in total. The Labute approximate surface area is 174 Å². The molecule has 0 heterocycles. The third-order valence-corrected chi connectivity index (χ3v) is 4.44. The SMILES string of the molecule is CCCCCCCOc1ccc(NC(=O)c2ccc(OCC)cc2OCC)cc1. The molecule has 0 unspecified atom stereocenters. The molecular formula is C24H33NO4. The highest BCUT2D eigenvalue weighted by atomic mass is 16.5. The first kappa shape index (κ1) is 22.6. The molecule has 0 radical (unpaired) electrons. The van der Waals surface area contributed by atoms with Gasteiger partial charge in [-0.3, -0.25) is 4.79 Å². The maximum absolute atomic E-state index is 12.7. The van der Waals surface area contributed by atoms with Crippen LogP contribution in [0.1, 0.15) is 63.2 Å². The van der Waals surface area contributed by atoms with E-state index in [1.54, 1.807) is 18.2 Å². The zero-order valence-corrected chi connectivity index (χ0v) is 17.8. The van der Waals surface area contributed by atoms with Crippen LogP contribution in [-0.4, -0.2) is 25.7 Å². The molecule has 158 valence electrons. The van der Waals surface area contributed by atoms with Crippen molar-refractivity contribution in [1.29, 1.82) is 0 Å². The third kappa shape index (κ3) is 7.68. The lowest BCUT2D eigenvalue weighted by atomic mass is 10.1. The first-order chi connectivity index (χ1) is 14.2. The molecule has 1 N–H and O–H groups in total. The standard InChI is InChI=1S/C24H33NO4/c1-4-7-8-9-10-17-29-20-13-11-19(12-14-20)25-24(26)22-16-15-21(27-5-2)18-23(22)28-6-3/h11-16,18H,4-10,17H2,1-3H3,(H,25,26). The fourth-order valence-corrected chi connectivity index (χ4v) is 2.95. The van der Waals surface area contributed by atoms with Crippen molar-refractivity contribution in [3.8, 4) is 17.2 Å². The van der Waals surface area contributed by atoms with E-state index >= 15 is 0 Å². The largest absolute Gasteiger partial charge is 0.494 e. The molecule has 0 spiro atoms. The quantitative estimate of drug-likeness (QED) is 0.414. The monoisotopic (exact) mass is 399 g/mol. The highest BCUT2D eigenvalue weighted by Gasteiger charge is 2.14. The topological polar surface area (TPSA) is 56.8 Å². The highest BCUT2D eigenvalue weighted by molar-refractivity contribution is 6.06.